The first kappa shape index (κ1) is 23.3. The molecule has 168 valence electrons. The first-order valence-corrected chi connectivity index (χ1v) is 13.6. The van der Waals surface area contributed by atoms with E-state index in [4.69, 9.17) is 4.74 Å². The third kappa shape index (κ3) is 5.65. The molecule has 1 saturated heterocycles. The Hall–Kier alpha value is -3.38. The predicted octanol–water partition coefficient (Wildman–Crippen LogP) is 3.61. The van der Waals surface area contributed by atoms with Gasteiger partial charge in [-0.15, -0.1) is 5.54 Å². The van der Waals surface area contributed by atoms with Crippen LogP contribution in [0.25, 0.3) is 0 Å². The Morgan fingerprint density at radius 3 is 2.34 bits per heavy atom. The molecular formula is C23H25F2N3O3Si. The van der Waals surface area contributed by atoms with E-state index in [1.807, 2.05) is 0 Å². The number of rotatable bonds is 4. The Kier molecular flexibility index (Phi) is 6.84. The largest absolute Gasteiger partial charge is 0.497 e. The number of halogens is 2. The van der Waals surface area contributed by atoms with Gasteiger partial charge in [-0.05, 0) is 24.3 Å². The molecule has 2 atom stereocenters. The van der Waals surface area contributed by atoms with Crippen LogP contribution in [0.5, 0.6) is 5.75 Å². The summed E-state index contributed by atoms with van der Waals surface area (Å²) >= 11 is 0. The first-order chi connectivity index (χ1) is 15.1. The van der Waals surface area contributed by atoms with E-state index in [0.29, 0.717) is 5.69 Å². The molecule has 0 aliphatic carbocycles. The second-order valence-corrected chi connectivity index (χ2v) is 13.3. The maximum atomic E-state index is 14.5. The molecule has 0 radical (unpaired) electrons. The molecule has 0 saturated carbocycles. The molecule has 1 heterocycles. The van der Waals surface area contributed by atoms with Crippen LogP contribution >= 0.6 is 0 Å². The number of benzene rings is 2. The minimum absolute atomic E-state index is 0.00555. The Bertz CT molecular complexity index is 1070. The number of hydrogen-bond acceptors (Lipinski definition) is 3. The summed E-state index contributed by atoms with van der Waals surface area (Å²) in [6, 6.07) is 7.27. The molecule has 3 N–H and O–H groups in total. The molecule has 0 aromatic heterocycles. The number of hydrogen-bond donors (Lipinski definition) is 3. The zero-order valence-corrected chi connectivity index (χ0v) is 19.3. The molecule has 1 fully saturated rings. The SMILES string of the molecule is COc1cc(F)c(C2CNC(=O)C2NC(=O)Nc2ccc(C#C[Si](C)(C)C)cc2)c(F)c1. The number of carbonyl (C=O) groups is 2. The average molecular weight is 458 g/mol. The van der Waals surface area contributed by atoms with Crippen LogP contribution in [0.15, 0.2) is 36.4 Å². The Labute approximate surface area is 186 Å². The molecule has 3 amide bonds. The number of carbonyl (C=O) groups excluding carboxylic acids is 2. The number of anilines is 1. The van der Waals surface area contributed by atoms with Gasteiger partial charge >= 0.3 is 6.03 Å². The standard InChI is InChI=1S/C23H25F2N3O3Si/c1-31-16-11-18(24)20(19(25)12-16)17-13-26-22(29)21(17)28-23(30)27-15-7-5-14(6-8-15)9-10-32(2,3)4/h5-8,11-12,17,21H,13H2,1-4H3,(H,26,29)(H2,27,28,30). The summed E-state index contributed by atoms with van der Waals surface area (Å²) in [5.41, 5.74) is 4.32. The zero-order chi connectivity index (χ0) is 23.5. The van der Waals surface area contributed by atoms with Crippen molar-refractivity contribution < 1.29 is 23.1 Å². The van der Waals surface area contributed by atoms with Gasteiger partial charge in [0.15, 0.2) is 0 Å². The zero-order valence-electron chi connectivity index (χ0n) is 18.3. The van der Waals surface area contributed by atoms with Gasteiger partial charge in [0, 0.05) is 41.4 Å². The van der Waals surface area contributed by atoms with Crippen molar-refractivity contribution in [3.8, 4) is 17.2 Å². The predicted molar refractivity (Wildman–Crippen MR) is 121 cm³/mol. The van der Waals surface area contributed by atoms with Gasteiger partial charge in [-0.3, -0.25) is 4.79 Å². The van der Waals surface area contributed by atoms with Crippen molar-refractivity contribution in [1.29, 1.82) is 0 Å². The van der Waals surface area contributed by atoms with E-state index < -0.39 is 43.6 Å². The van der Waals surface area contributed by atoms with E-state index >= 15 is 0 Å². The fraction of sp³-hybridized carbons (Fsp3) is 0.304. The monoisotopic (exact) mass is 457 g/mol. The van der Waals surface area contributed by atoms with Crippen molar-refractivity contribution in [3.05, 3.63) is 59.2 Å². The van der Waals surface area contributed by atoms with Gasteiger partial charge in [0.25, 0.3) is 0 Å². The summed E-state index contributed by atoms with van der Waals surface area (Å²) in [7, 11) is -0.194. The molecule has 2 unspecified atom stereocenters. The first-order valence-electron chi connectivity index (χ1n) is 10.1. The summed E-state index contributed by atoms with van der Waals surface area (Å²) < 4.78 is 33.9. The number of ether oxygens (including phenoxy) is 1. The van der Waals surface area contributed by atoms with Crippen LogP contribution in [0.4, 0.5) is 19.3 Å². The van der Waals surface area contributed by atoms with Crippen molar-refractivity contribution in [2.75, 3.05) is 19.0 Å². The lowest BCUT2D eigenvalue weighted by molar-refractivity contribution is -0.120. The third-order valence-electron chi connectivity index (χ3n) is 4.85. The maximum absolute atomic E-state index is 14.5. The fourth-order valence-electron chi connectivity index (χ4n) is 3.29. The number of methoxy groups -OCH3 is 1. The van der Waals surface area contributed by atoms with Gasteiger partial charge in [0.05, 0.1) is 7.11 Å². The molecular weight excluding hydrogens is 432 g/mol. The molecule has 3 rings (SSSR count). The highest BCUT2D eigenvalue weighted by Gasteiger charge is 2.40. The summed E-state index contributed by atoms with van der Waals surface area (Å²) in [6.45, 7) is 6.44. The smallest absolute Gasteiger partial charge is 0.319 e. The molecule has 2 aromatic rings. The van der Waals surface area contributed by atoms with E-state index in [1.165, 1.54) is 7.11 Å². The topological polar surface area (TPSA) is 79.5 Å². The van der Waals surface area contributed by atoms with Crippen LogP contribution in [0.1, 0.15) is 17.0 Å². The van der Waals surface area contributed by atoms with Gasteiger partial charge < -0.3 is 20.7 Å². The summed E-state index contributed by atoms with van der Waals surface area (Å²) in [5.74, 6) is 0.0465. The van der Waals surface area contributed by atoms with E-state index in [0.717, 1.165) is 17.7 Å². The minimum atomic E-state index is -1.49. The maximum Gasteiger partial charge on any atom is 0.319 e. The Morgan fingerprint density at radius 2 is 1.78 bits per heavy atom. The number of urea groups is 1. The normalized spacial score (nSPS) is 17.8. The van der Waals surface area contributed by atoms with Crippen molar-refractivity contribution in [3.63, 3.8) is 0 Å². The summed E-state index contributed by atoms with van der Waals surface area (Å²) in [4.78, 5) is 24.7. The van der Waals surface area contributed by atoms with Crippen molar-refractivity contribution in [1.82, 2.24) is 10.6 Å². The highest BCUT2D eigenvalue weighted by atomic mass is 28.3. The second-order valence-electron chi connectivity index (χ2n) is 8.51. The lowest BCUT2D eigenvalue weighted by Gasteiger charge is -2.20. The quantitative estimate of drug-likeness (QED) is 0.485. The van der Waals surface area contributed by atoms with Crippen molar-refractivity contribution in [2.24, 2.45) is 0 Å². The lowest BCUT2D eigenvalue weighted by atomic mass is 9.93. The van der Waals surface area contributed by atoms with Gasteiger partial charge in [-0.25, -0.2) is 13.6 Å². The third-order valence-corrected chi connectivity index (χ3v) is 5.73. The molecule has 1 aliphatic heterocycles. The molecule has 0 spiro atoms. The van der Waals surface area contributed by atoms with E-state index in [9.17, 15) is 18.4 Å². The minimum Gasteiger partial charge on any atom is -0.497 e. The van der Waals surface area contributed by atoms with Gasteiger partial charge in [0.1, 0.15) is 31.5 Å². The molecule has 9 heteroatoms. The highest BCUT2D eigenvalue weighted by Crippen LogP contribution is 2.31. The molecule has 2 aromatic carbocycles. The van der Waals surface area contributed by atoms with Crippen molar-refractivity contribution >= 4 is 25.7 Å². The average Bonchev–Trinajstić information content (AvgIpc) is 3.06. The second kappa shape index (κ2) is 9.40. The van der Waals surface area contributed by atoms with Crippen LogP contribution in [0.2, 0.25) is 19.6 Å². The molecule has 1 aliphatic rings. The van der Waals surface area contributed by atoms with Crippen LogP contribution in [0, 0.1) is 23.1 Å². The molecule has 32 heavy (non-hydrogen) atoms. The van der Waals surface area contributed by atoms with Gasteiger partial charge in [-0.1, -0.05) is 25.6 Å². The van der Waals surface area contributed by atoms with E-state index in [2.05, 4.69) is 47.1 Å². The molecule has 0 bridgehead atoms. The fourth-order valence-corrected chi connectivity index (χ4v) is 3.81. The summed E-state index contributed by atoms with van der Waals surface area (Å²) in [5, 5.41) is 7.70. The van der Waals surface area contributed by atoms with Crippen LogP contribution in [-0.4, -0.2) is 39.7 Å². The van der Waals surface area contributed by atoms with Crippen LogP contribution in [0.3, 0.4) is 0 Å². The van der Waals surface area contributed by atoms with Crippen LogP contribution in [-0.2, 0) is 4.79 Å². The Balaban J connectivity index is 1.71. The van der Waals surface area contributed by atoms with E-state index in [1.54, 1.807) is 24.3 Å². The number of nitrogens with one attached hydrogen (secondary N) is 3. The van der Waals surface area contributed by atoms with Gasteiger partial charge in [0.2, 0.25) is 5.91 Å². The van der Waals surface area contributed by atoms with E-state index in [-0.39, 0.29) is 17.9 Å². The van der Waals surface area contributed by atoms with Crippen LogP contribution < -0.4 is 20.7 Å². The molecule has 6 nitrogen and oxygen atoms in total. The Morgan fingerprint density at radius 1 is 1.16 bits per heavy atom. The highest BCUT2D eigenvalue weighted by molar-refractivity contribution is 6.83. The summed E-state index contributed by atoms with van der Waals surface area (Å²) in [6.07, 6.45) is 0. The van der Waals surface area contributed by atoms with Crippen molar-refractivity contribution in [2.45, 2.75) is 31.6 Å². The van der Waals surface area contributed by atoms with Gasteiger partial charge in [-0.2, -0.15) is 0 Å². The number of amides is 3. The lowest BCUT2D eigenvalue weighted by Crippen LogP contribution is -2.45.